The van der Waals surface area contributed by atoms with Gasteiger partial charge in [-0.15, -0.1) is 0 Å². The molecule has 1 aliphatic rings. The monoisotopic (exact) mass is 426 g/mol. The van der Waals surface area contributed by atoms with Gasteiger partial charge in [0.2, 0.25) is 0 Å². The minimum atomic E-state index is -0.828. The zero-order valence-electron chi connectivity index (χ0n) is 15.8. The Morgan fingerprint density at radius 2 is 1.69 bits per heavy atom. The minimum Gasteiger partial charge on any atom is -0.341 e. The van der Waals surface area contributed by atoms with Gasteiger partial charge in [-0.3, -0.25) is 10.1 Å². The van der Waals surface area contributed by atoms with Crippen LogP contribution in [0.4, 0.5) is 5.69 Å². The number of rotatable bonds is 4. The fraction of sp³-hybridized carbons (Fsp3) is 0.174. The van der Waals surface area contributed by atoms with Crippen molar-refractivity contribution in [3.8, 4) is 0 Å². The van der Waals surface area contributed by atoms with Gasteiger partial charge < -0.3 is 9.64 Å². The average Bonchev–Trinajstić information content (AvgIpc) is 2.84. The van der Waals surface area contributed by atoms with Crippen LogP contribution in [-0.4, -0.2) is 19.2 Å². The molecule has 0 saturated carbocycles. The number of anilines is 1. The molecule has 29 heavy (non-hydrogen) atoms. The SMILES string of the molecule is CN[C@H]1O[C@H](c2ccccc2Cl)c2cc(Cl)ccc2N(Cc2ccccc2)C1=O. The van der Waals surface area contributed by atoms with Gasteiger partial charge in [0.25, 0.3) is 5.91 Å². The van der Waals surface area contributed by atoms with Crippen molar-refractivity contribution >= 4 is 34.8 Å². The number of ether oxygens (including phenoxy) is 1. The number of nitrogens with one attached hydrogen (secondary N) is 1. The number of hydrogen-bond donors (Lipinski definition) is 1. The third-order valence-corrected chi connectivity index (χ3v) is 5.54. The predicted octanol–water partition coefficient (Wildman–Crippen LogP) is 5.19. The lowest BCUT2D eigenvalue weighted by molar-refractivity contribution is -0.134. The van der Waals surface area contributed by atoms with Crippen LogP contribution in [0.1, 0.15) is 22.8 Å². The van der Waals surface area contributed by atoms with E-state index in [0.717, 1.165) is 22.4 Å². The molecule has 0 spiro atoms. The van der Waals surface area contributed by atoms with Crippen LogP contribution in [-0.2, 0) is 16.1 Å². The van der Waals surface area contributed by atoms with Crippen LogP contribution in [0.5, 0.6) is 0 Å². The molecule has 3 aromatic rings. The van der Waals surface area contributed by atoms with Gasteiger partial charge in [0.05, 0.1) is 12.2 Å². The molecule has 0 aromatic heterocycles. The highest BCUT2D eigenvalue weighted by Gasteiger charge is 2.36. The zero-order valence-corrected chi connectivity index (χ0v) is 17.3. The van der Waals surface area contributed by atoms with E-state index in [2.05, 4.69) is 5.32 Å². The molecular formula is C23H20Cl2N2O2. The first-order chi connectivity index (χ1) is 14.1. The van der Waals surface area contributed by atoms with E-state index in [1.807, 2.05) is 66.7 Å². The molecule has 1 N–H and O–H groups in total. The van der Waals surface area contributed by atoms with E-state index in [0.29, 0.717) is 16.6 Å². The maximum atomic E-state index is 13.4. The Hall–Kier alpha value is -2.37. The molecule has 1 amide bonds. The molecule has 0 aliphatic carbocycles. The van der Waals surface area contributed by atoms with Crippen molar-refractivity contribution in [2.24, 2.45) is 0 Å². The maximum absolute atomic E-state index is 13.4. The molecule has 0 saturated heterocycles. The number of carbonyl (C=O) groups excluding carboxylic acids is 1. The standard InChI is InChI=1S/C23H20Cl2N2O2/c1-26-22-23(28)27(14-15-7-3-2-4-8-15)20-12-11-16(24)13-18(20)21(29-22)17-9-5-6-10-19(17)25/h2-13,21-22,26H,14H2,1H3/t21-,22+/m1/s1. The first kappa shape index (κ1) is 19.9. The summed E-state index contributed by atoms with van der Waals surface area (Å²) >= 11 is 12.8. The number of amides is 1. The number of nitrogens with zero attached hydrogens (tertiary/aromatic N) is 1. The smallest absolute Gasteiger partial charge is 0.271 e. The molecule has 1 aliphatic heterocycles. The van der Waals surface area contributed by atoms with Gasteiger partial charge >= 0.3 is 0 Å². The van der Waals surface area contributed by atoms with Gasteiger partial charge in [0, 0.05) is 21.2 Å². The molecule has 0 unspecified atom stereocenters. The van der Waals surface area contributed by atoms with E-state index in [4.69, 9.17) is 27.9 Å². The quantitative estimate of drug-likeness (QED) is 0.623. The van der Waals surface area contributed by atoms with Crippen LogP contribution in [0.15, 0.2) is 72.8 Å². The van der Waals surface area contributed by atoms with Gasteiger partial charge in [-0.25, -0.2) is 0 Å². The third kappa shape index (κ3) is 4.02. The van der Waals surface area contributed by atoms with Gasteiger partial charge in [-0.1, -0.05) is 71.7 Å². The van der Waals surface area contributed by atoms with Gasteiger partial charge in [0.1, 0.15) is 6.10 Å². The summed E-state index contributed by atoms with van der Waals surface area (Å²) in [6, 6.07) is 22.8. The average molecular weight is 427 g/mol. The summed E-state index contributed by atoms with van der Waals surface area (Å²) in [6.45, 7) is 0.422. The highest BCUT2D eigenvalue weighted by atomic mass is 35.5. The molecule has 4 nitrogen and oxygen atoms in total. The lowest BCUT2D eigenvalue weighted by atomic mass is 9.99. The Morgan fingerprint density at radius 1 is 0.966 bits per heavy atom. The Morgan fingerprint density at radius 3 is 2.41 bits per heavy atom. The summed E-state index contributed by atoms with van der Waals surface area (Å²) in [5, 5.41) is 4.13. The van der Waals surface area contributed by atoms with E-state index in [9.17, 15) is 4.79 Å². The van der Waals surface area contributed by atoms with Crippen molar-refractivity contribution in [3.63, 3.8) is 0 Å². The topological polar surface area (TPSA) is 41.6 Å². The highest BCUT2D eigenvalue weighted by Crippen LogP contribution is 2.41. The van der Waals surface area contributed by atoms with Crippen LogP contribution >= 0.6 is 23.2 Å². The van der Waals surface area contributed by atoms with E-state index in [1.165, 1.54) is 0 Å². The van der Waals surface area contributed by atoms with E-state index in [1.54, 1.807) is 18.0 Å². The fourth-order valence-electron chi connectivity index (χ4n) is 3.56. The maximum Gasteiger partial charge on any atom is 0.271 e. The molecule has 1 heterocycles. The molecule has 0 radical (unpaired) electrons. The van der Waals surface area contributed by atoms with Gasteiger partial charge in [-0.05, 0) is 36.9 Å². The van der Waals surface area contributed by atoms with Crippen LogP contribution in [0.25, 0.3) is 0 Å². The van der Waals surface area contributed by atoms with Crippen molar-refractivity contribution in [1.29, 1.82) is 0 Å². The highest BCUT2D eigenvalue weighted by molar-refractivity contribution is 6.31. The summed E-state index contributed by atoms with van der Waals surface area (Å²) in [5.74, 6) is -0.172. The molecule has 2 atom stereocenters. The molecule has 6 heteroatoms. The molecule has 3 aromatic carbocycles. The Kier molecular flexibility index (Phi) is 5.88. The van der Waals surface area contributed by atoms with E-state index in [-0.39, 0.29) is 5.91 Å². The van der Waals surface area contributed by atoms with Crippen molar-refractivity contribution in [2.45, 2.75) is 18.9 Å². The molecule has 0 bridgehead atoms. The largest absolute Gasteiger partial charge is 0.341 e. The molecule has 0 fully saturated rings. The first-order valence-electron chi connectivity index (χ1n) is 9.30. The first-order valence-corrected chi connectivity index (χ1v) is 10.1. The van der Waals surface area contributed by atoms with E-state index < -0.39 is 12.3 Å². The minimum absolute atomic E-state index is 0.172. The number of carbonyl (C=O) groups is 1. The van der Waals surface area contributed by atoms with Crippen LogP contribution in [0.3, 0.4) is 0 Å². The number of fused-ring (bicyclic) bond motifs is 1. The number of halogens is 2. The second kappa shape index (κ2) is 8.56. The van der Waals surface area contributed by atoms with Crippen LogP contribution in [0.2, 0.25) is 10.0 Å². The fourth-order valence-corrected chi connectivity index (χ4v) is 3.97. The number of benzene rings is 3. The lowest BCUT2D eigenvalue weighted by Crippen LogP contribution is -2.45. The Balaban J connectivity index is 1.87. The normalized spacial score (nSPS) is 19.0. The van der Waals surface area contributed by atoms with E-state index >= 15 is 0 Å². The summed E-state index contributed by atoms with van der Waals surface area (Å²) in [5.41, 5.74) is 3.36. The summed E-state index contributed by atoms with van der Waals surface area (Å²) in [4.78, 5) is 15.1. The second-order valence-electron chi connectivity index (χ2n) is 6.82. The summed E-state index contributed by atoms with van der Waals surface area (Å²) < 4.78 is 6.24. The third-order valence-electron chi connectivity index (χ3n) is 4.96. The summed E-state index contributed by atoms with van der Waals surface area (Å²) in [7, 11) is 1.70. The summed E-state index contributed by atoms with van der Waals surface area (Å²) in [6.07, 6.45) is -1.37. The van der Waals surface area contributed by atoms with Crippen molar-refractivity contribution in [3.05, 3.63) is 99.5 Å². The molecule has 4 rings (SSSR count). The van der Waals surface area contributed by atoms with Crippen LogP contribution < -0.4 is 10.2 Å². The number of hydrogen-bond acceptors (Lipinski definition) is 3. The molecular weight excluding hydrogens is 407 g/mol. The van der Waals surface area contributed by atoms with Gasteiger partial charge in [-0.2, -0.15) is 0 Å². The van der Waals surface area contributed by atoms with Crippen molar-refractivity contribution < 1.29 is 9.53 Å². The molecule has 148 valence electrons. The number of likely N-dealkylation sites (N-methyl/N-ethyl adjacent to an activating group) is 1. The second-order valence-corrected chi connectivity index (χ2v) is 7.66. The van der Waals surface area contributed by atoms with Gasteiger partial charge in [0.15, 0.2) is 6.23 Å². The van der Waals surface area contributed by atoms with Crippen molar-refractivity contribution in [1.82, 2.24) is 5.32 Å². The predicted molar refractivity (Wildman–Crippen MR) is 116 cm³/mol. The lowest BCUT2D eigenvalue weighted by Gasteiger charge is -2.25. The van der Waals surface area contributed by atoms with Crippen molar-refractivity contribution in [2.75, 3.05) is 11.9 Å². The zero-order chi connectivity index (χ0) is 20.4. The Bertz CT molecular complexity index is 1030. The van der Waals surface area contributed by atoms with Crippen LogP contribution in [0, 0.1) is 0 Å². The Labute approximate surface area is 180 Å².